The number of ether oxygens (including phenoxy) is 1. The van der Waals surface area contributed by atoms with Crippen LogP contribution in [0.15, 0.2) is 46.0 Å². The fraction of sp³-hybridized carbons (Fsp3) is 0.231. The van der Waals surface area contributed by atoms with Gasteiger partial charge < -0.3 is 4.74 Å². The highest BCUT2D eigenvalue weighted by molar-refractivity contribution is 7.89. The summed E-state index contributed by atoms with van der Waals surface area (Å²) in [6.45, 7) is 0.0399. The van der Waals surface area contributed by atoms with E-state index in [4.69, 9.17) is 4.74 Å². The number of hydrogen-bond acceptors (Lipinski definition) is 6. The Balaban J connectivity index is 2.14. The van der Waals surface area contributed by atoms with Crippen LogP contribution in [0.1, 0.15) is 11.7 Å². The first-order valence-electron chi connectivity index (χ1n) is 6.23. The van der Waals surface area contributed by atoms with Crippen molar-refractivity contribution >= 4 is 27.0 Å². The molecule has 1 N–H and O–H groups in total. The van der Waals surface area contributed by atoms with Crippen molar-refractivity contribution in [2.45, 2.75) is 11.0 Å². The molecule has 0 spiro atoms. The third kappa shape index (κ3) is 3.89. The van der Waals surface area contributed by atoms with Gasteiger partial charge in [-0.15, -0.1) is 0 Å². The SMILES string of the molecule is COC(CNS(=O)(=O)c1cccc([N+](=O)[O-])c1)c1ccsc1. The Bertz CT molecular complexity index is 744. The van der Waals surface area contributed by atoms with E-state index in [9.17, 15) is 18.5 Å². The third-order valence-corrected chi connectivity index (χ3v) is 5.12. The second kappa shape index (κ2) is 6.97. The van der Waals surface area contributed by atoms with Crippen molar-refractivity contribution in [2.24, 2.45) is 0 Å². The molecule has 0 saturated carbocycles. The Hall–Kier alpha value is -1.81. The number of hydrogen-bond donors (Lipinski definition) is 1. The van der Waals surface area contributed by atoms with Gasteiger partial charge in [-0.2, -0.15) is 11.3 Å². The Morgan fingerprint density at radius 2 is 2.18 bits per heavy atom. The van der Waals surface area contributed by atoms with Crippen LogP contribution in [0.5, 0.6) is 0 Å². The molecular formula is C13H14N2O5S2. The average Bonchev–Trinajstić information content (AvgIpc) is 3.02. The van der Waals surface area contributed by atoms with Gasteiger partial charge in [0, 0.05) is 25.8 Å². The van der Waals surface area contributed by atoms with Crippen LogP contribution in [-0.4, -0.2) is 27.0 Å². The van der Waals surface area contributed by atoms with Crippen molar-refractivity contribution in [3.63, 3.8) is 0 Å². The first-order chi connectivity index (χ1) is 10.4. The summed E-state index contributed by atoms with van der Waals surface area (Å²) in [5, 5.41) is 14.5. The van der Waals surface area contributed by atoms with E-state index < -0.39 is 21.1 Å². The number of nitro groups is 1. The van der Waals surface area contributed by atoms with Gasteiger partial charge in [-0.05, 0) is 28.5 Å². The number of nitrogens with zero attached hydrogens (tertiary/aromatic N) is 1. The molecule has 118 valence electrons. The molecular weight excluding hydrogens is 328 g/mol. The molecule has 0 aliphatic carbocycles. The van der Waals surface area contributed by atoms with E-state index in [1.807, 2.05) is 16.8 Å². The predicted octanol–water partition coefficient (Wildman–Crippen LogP) is 2.32. The van der Waals surface area contributed by atoms with Crippen molar-refractivity contribution in [1.82, 2.24) is 4.72 Å². The minimum Gasteiger partial charge on any atom is -0.375 e. The molecule has 2 aromatic rings. The highest BCUT2D eigenvalue weighted by Gasteiger charge is 2.20. The maximum Gasteiger partial charge on any atom is 0.270 e. The van der Waals surface area contributed by atoms with Crippen LogP contribution in [0.25, 0.3) is 0 Å². The lowest BCUT2D eigenvalue weighted by molar-refractivity contribution is -0.385. The largest absolute Gasteiger partial charge is 0.375 e. The van der Waals surface area contributed by atoms with Crippen LogP contribution >= 0.6 is 11.3 Å². The number of nitrogens with one attached hydrogen (secondary N) is 1. The first kappa shape index (κ1) is 16.6. The maximum atomic E-state index is 12.2. The summed E-state index contributed by atoms with van der Waals surface area (Å²) in [6.07, 6.45) is -0.417. The van der Waals surface area contributed by atoms with Crippen molar-refractivity contribution in [3.8, 4) is 0 Å². The van der Waals surface area contributed by atoms with Crippen LogP contribution < -0.4 is 4.72 Å². The number of nitro benzene ring substituents is 1. The fourth-order valence-corrected chi connectivity index (χ4v) is 3.60. The number of non-ortho nitro benzene ring substituents is 1. The number of benzene rings is 1. The quantitative estimate of drug-likeness (QED) is 0.615. The van der Waals surface area contributed by atoms with E-state index in [0.717, 1.165) is 11.6 Å². The lowest BCUT2D eigenvalue weighted by Crippen LogP contribution is -2.29. The van der Waals surface area contributed by atoms with Gasteiger partial charge >= 0.3 is 0 Å². The molecule has 1 heterocycles. The lowest BCUT2D eigenvalue weighted by atomic mass is 10.2. The van der Waals surface area contributed by atoms with Crippen molar-refractivity contribution < 1.29 is 18.1 Å². The molecule has 0 aliphatic heterocycles. The Morgan fingerprint density at radius 1 is 1.41 bits per heavy atom. The van der Waals surface area contributed by atoms with Gasteiger partial charge in [0.2, 0.25) is 10.0 Å². The number of thiophene rings is 1. The molecule has 0 aliphatic rings. The predicted molar refractivity (Wildman–Crippen MR) is 82.4 cm³/mol. The first-order valence-corrected chi connectivity index (χ1v) is 8.65. The van der Waals surface area contributed by atoms with Gasteiger partial charge in [-0.1, -0.05) is 6.07 Å². The summed E-state index contributed by atoms with van der Waals surface area (Å²) in [4.78, 5) is 9.93. The van der Waals surface area contributed by atoms with Crippen LogP contribution in [-0.2, 0) is 14.8 Å². The van der Waals surface area contributed by atoms with Crippen LogP contribution in [0.4, 0.5) is 5.69 Å². The van der Waals surface area contributed by atoms with Gasteiger partial charge in [0.25, 0.3) is 5.69 Å². The topological polar surface area (TPSA) is 98.5 Å². The van der Waals surface area contributed by atoms with Crippen molar-refractivity contribution in [2.75, 3.05) is 13.7 Å². The molecule has 22 heavy (non-hydrogen) atoms. The molecule has 1 atom stereocenters. The Kier molecular flexibility index (Phi) is 5.24. The van der Waals surface area contributed by atoms with Gasteiger partial charge in [0.05, 0.1) is 15.9 Å². The normalized spacial score (nSPS) is 13.0. The smallest absolute Gasteiger partial charge is 0.270 e. The molecule has 9 heteroatoms. The molecule has 2 rings (SSSR count). The van der Waals surface area contributed by atoms with Gasteiger partial charge in [0.15, 0.2) is 0 Å². The zero-order chi connectivity index (χ0) is 16.2. The molecule has 1 aromatic carbocycles. The number of sulfonamides is 1. The molecule has 0 saturated heterocycles. The van der Waals surface area contributed by atoms with E-state index in [2.05, 4.69) is 4.72 Å². The van der Waals surface area contributed by atoms with Gasteiger partial charge in [-0.3, -0.25) is 10.1 Å². The Labute approximate surface area is 131 Å². The zero-order valence-electron chi connectivity index (χ0n) is 11.6. The summed E-state index contributed by atoms with van der Waals surface area (Å²) in [6, 6.07) is 6.75. The summed E-state index contributed by atoms with van der Waals surface area (Å²) in [5.74, 6) is 0. The van der Waals surface area contributed by atoms with E-state index >= 15 is 0 Å². The monoisotopic (exact) mass is 342 g/mol. The highest BCUT2D eigenvalue weighted by Crippen LogP contribution is 2.21. The second-order valence-corrected chi connectivity index (χ2v) is 6.93. The maximum absolute atomic E-state index is 12.2. The molecule has 1 unspecified atom stereocenters. The lowest BCUT2D eigenvalue weighted by Gasteiger charge is -2.15. The molecule has 0 bridgehead atoms. The molecule has 0 amide bonds. The number of rotatable bonds is 7. The van der Waals surface area contributed by atoms with E-state index in [1.165, 1.54) is 36.6 Å². The van der Waals surface area contributed by atoms with Gasteiger partial charge in [0.1, 0.15) is 0 Å². The summed E-state index contributed by atoms with van der Waals surface area (Å²) < 4.78 is 32.1. The zero-order valence-corrected chi connectivity index (χ0v) is 13.3. The fourth-order valence-electron chi connectivity index (χ4n) is 1.83. The molecule has 0 radical (unpaired) electrons. The van der Waals surface area contributed by atoms with Crippen molar-refractivity contribution in [3.05, 3.63) is 56.8 Å². The van der Waals surface area contributed by atoms with Crippen LogP contribution in [0, 0.1) is 10.1 Å². The molecule has 7 nitrogen and oxygen atoms in total. The average molecular weight is 342 g/mol. The summed E-state index contributed by atoms with van der Waals surface area (Å²) in [5.41, 5.74) is 0.596. The van der Waals surface area contributed by atoms with Crippen LogP contribution in [0.3, 0.4) is 0 Å². The molecule has 0 fully saturated rings. The standard InChI is InChI=1S/C13H14N2O5S2/c1-20-13(10-5-6-21-9-10)8-14-22(18,19)12-4-2-3-11(7-12)15(16)17/h2-7,9,13-14H,8H2,1H3. The van der Waals surface area contributed by atoms with E-state index in [0.29, 0.717) is 0 Å². The molecule has 1 aromatic heterocycles. The third-order valence-electron chi connectivity index (χ3n) is 3.00. The summed E-state index contributed by atoms with van der Waals surface area (Å²) >= 11 is 1.49. The van der Waals surface area contributed by atoms with E-state index in [1.54, 1.807) is 0 Å². The second-order valence-electron chi connectivity index (χ2n) is 4.39. The highest BCUT2D eigenvalue weighted by atomic mass is 32.2. The van der Waals surface area contributed by atoms with E-state index in [-0.39, 0.29) is 17.1 Å². The minimum atomic E-state index is -3.84. The van der Waals surface area contributed by atoms with Crippen LogP contribution in [0.2, 0.25) is 0 Å². The van der Waals surface area contributed by atoms with Crippen molar-refractivity contribution in [1.29, 1.82) is 0 Å². The minimum absolute atomic E-state index is 0.0399. The van der Waals surface area contributed by atoms with Gasteiger partial charge in [-0.25, -0.2) is 13.1 Å². The summed E-state index contributed by atoms with van der Waals surface area (Å²) in [7, 11) is -2.35. The Morgan fingerprint density at radius 3 is 2.77 bits per heavy atom. The number of methoxy groups -OCH3 is 1.